The minimum absolute atomic E-state index is 0.0573. The first-order chi connectivity index (χ1) is 24.1. The Morgan fingerprint density at radius 1 is 0.367 bits per heavy atom. The summed E-state index contributed by atoms with van der Waals surface area (Å²) < 4.78 is 13.8. The predicted octanol–water partition coefficient (Wildman–Crippen LogP) is 7.25. The van der Waals surface area contributed by atoms with Gasteiger partial charge in [0.1, 0.15) is 0 Å². The number of benzene rings is 6. The first-order valence-electron chi connectivity index (χ1n) is 16.7. The van der Waals surface area contributed by atoms with Crippen molar-refractivity contribution < 1.29 is 9.47 Å². The Bertz CT molecular complexity index is 1530. The van der Waals surface area contributed by atoms with Crippen molar-refractivity contribution in [3.63, 3.8) is 0 Å². The van der Waals surface area contributed by atoms with Crippen LogP contribution in [-0.2, 0) is 20.3 Å². The second-order valence-electron chi connectivity index (χ2n) is 12.3. The van der Waals surface area contributed by atoms with Crippen LogP contribution in [0.2, 0.25) is 0 Å². The molecule has 0 aromatic heterocycles. The second kappa shape index (κ2) is 14.7. The maximum atomic E-state index is 7.11. The molecule has 5 nitrogen and oxygen atoms in total. The van der Waals surface area contributed by atoms with Crippen molar-refractivity contribution in [2.75, 3.05) is 27.3 Å². The molecule has 0 aliphatic carbocycles. The summed E-state index contributed by atoms with van der Waals surface area (Å²) in [5.74, 6) is 0. The molecule has 5 heteroatoms. The molecule has 0 fully saturated rings. The van der Waals surface area contributed by atoms with Gasteiger partial charge in [-0.2, -0.15) is 0 Å². The predicted molar refractivity (Wildman–Crippen MR) is 199 cm³/mol. The zero-order valence-corrected chi connectivity index (χ0v) is 28.2. The van der Waals surface area contributed by atoms with Crippen LogP contribution < -0.4 is 16.8 Å². The third-order valence-electron chi connectivity index (χ3n) is 10.1. The molecule has 0 amide bonds. The van der Waals surface area contributed by atoms with Crippen LogP contribution in [0.1, 0.15) is 33.4 Å². The van der Waals surface area contributed by atoms with Crippen molar-refractivity contribution in [2.24, 2.45) is 11.5 Å². The molecule has 0 aliphatic rings. The molecular formula is C44H45N3O2. The Labute approximate surface area is 290 Å². The van der Waals surface area contributed by atoms with E-state index >= 15 is 0 Å². The Morgan fingerprint density at radius 3 is 0.694 bits per heavy atom. The van der Waals surface area contributed by atoms with Gasteiger partial charge >= 0.3 is 0 Å². The third-order valence-corrected chi connectivity index (χ3v) is 10.1. The highest BCUT2D eigenvalue weighted by atomic mass is 16.5. The van der Waals surface area contributed by atoms with E-state index in [1.807, 2.05) is 36.4 Å². The lowest BCUT2D eigenvalue weighted by atomic mass is 9.59. The van der Waals surface area contributed by atoms with E-state index in [-0.39, 0.29) is 13.1 Å². The van der Waals surface area contributed by atoms with E-state index in [1.54, 1.807) is 14.2 Å². The standard InChI is InChI=1S/C44H45N3O2/c1-48-41(33-45,43(35-21-9-3-10-22-35,36-23-11-4-12-24-36)37-25-13-5-14-26-37)47-42(34-46,49-2)44(38-27-15-6-16-28-38,39-29-17-7-18-30-39)40-31-19-8-20-32-40/h3-32,47H,33-34,45-46H2,1-2H3. The van der Waals surface area contributed by atoms with Gasteiger partial charge in [-0.3, -0.25) is 5.32 Å². The molecule has 6 aromatic rings. The number of rotatable bonds is 14. The number of hydrogen-bond acceptors (Lipinski definition) is 5. The highest BCUT2D eigenvalue weighted by molar-refractivity contribution is 5.57. The molecule has 2 unspecified atom stereocenters. The van der Waals surface area contributed by atoms with Gasteiger partial charge in [0.05, 0.1) is 10.8 Å². The van der Waals surface area contributed by atoms with Crippen LogP contribution in [0.15, 0.2) is 182 Å². The Balaban J connectivity index is 1.77. The van der Waals surface area contributed by atoms with E-state index in [0.717, 1.165) is 33.4 Å². The van der Waals surface area contributed by atoms with E-state index in [9.17, 15) is 0 Å². The van der Waals surface area contributed by atoms with Gasteiger partial charge in [-0.15, -0.1) is 0 Å². The summed E-state index contributed by atoms with van der Waals surface area (Å²) in [5.41, 5.74) is 15.6. The topological polar surface area (TPSA) is 82.5 Å². The summed E-state index contributed by atoms with van der Waals surface area (Å²) in [6.45, 7) is 0.115. The highest BCUT2D eigenvalue weighted by Gasteiger charge is 2.63. The fourth-order valence-electron chi connectivity index (χ4n) is 8.02. The average molecular weight is 648 g/mol. The van der Waals surface area contributed by atoms with Crippen molar-refractivity contribution in [3.8, 4) is 0 Å². The molecule has 248 valence electrons. The maximum Gasteiger partial charge on any atom is 0.151 e. The molecule has 6 rings (SSSR count). The summed E-state index contributed by atoms with van der Waals surface area (Å²) in [4.78, 5) is 0. The van der Waals surface area contributed by atoms with Crippen LogP contribution in [0.4, 0.5) is 0 Å². The van der Waals surface area contributed by atoms with E-state index in [1.165, 1.54) is 0 Å². The van der Waals surface area contributed by atoms with Gasteiger partial charge < -0.3 is 20.9 Å². The number of nitrogens with two attached hydrogens (primary N) is 2. The molecule has 0 spiro atoms. The molecule has 6 aromatic carbocycles. The quantitative estimate of drug-likeness (QED) is 0.0858. The zero-order valence-electron chi connectivity index (χ0n) is 28.2. The van der Waals surface area contributed by atoms with Gasteiger partial charge in [-0.1, -0.05) is 182 Å². The maximum absolute atomic E-state index is 7.11. The number of methoxy groups -OCH3 is 2. The van der Waals surface area contributed by atoms with E-state index in [4.69, 9.17) is 20.9 Å². The van der Waals surface area contributed by atoms with Crippen LogP contribution >= 0.6 is 0 Å². The van der Waals surface area contributed by atoms with E-state index < -0.39 is 22.3 Å². The van der Waals surface area contributed by atoms with Gasteiger partial charge in [0.2, 0.25) is 0 Å². The summed E-state index contributed by atoms with van der Waals surface area (Å²) in [6, 6.07) is 62.5. The van der Waals surface area contributed by atoms with Gasteiger partial charge in [0.25, 0.3) is 0 Å². The lowest BCUT2D eigenvalue weighted by Gasteiger charge is -2.59. The summed E-state index contributed by atoms with van der Waals surface area (Å²) in [7, 11) is 3.44. The van der Waals surface area contributed by atoms with Crippen LogP contribution in [-0.4, -0.2) is 38.8 Å². The molecule has 0 saturated carbocycles. The van der Waals surface area contributed by atoms with E-state index in [0.29, 0.717) is 0 Å². The van der Waals surface area contributed by atoms with Crippen molar-refractivity contribution in [2.45, 2.75) is 22.3 Å². The largest absolute Gasteiger partial charge is 0.361 e. The minimum Gasteiger partial charge on any atom is -0.361 e. The van der Waals surface area contributed by atoms with Gasteiger partial charge in [0.15, 0.2) is 11.4 Å². The summed E-state index contributed by atoms with van der Waals surface area (Å²) in [6.07, 6.45) is 0. The van der Waals surface area contributed by atoms with Gasteiger partial charge in [0, 0.05) is 27.3 Å². The normalized spacial score (nSPS) is 14.4. The van der Waals surface area contributed by atoms with E-state index in [2.05, 4.69) is 151 Å². The number of ether oxygens (including phenoxy) is 2. The highest BCUT2D eigenvalue weighted by Crippen LogP contribution is 2.53. The van der Waals surface area contributed by atoms with Gasteiger partial charge in [-0.25, -0.2) is 0 Å². The molecule has 5 N–H and O–H groups in total. The molecule has 0 heterocycles. The zero-order chi connectivity index (χ0) is 34.2. The summed E-state index contributed by atoms with van der Waals surface area (Å²) >= 11 is 0. The fraction of sp³-hybridized carbons (Fsp3) is 0.182. The van der Waals surface area contributed by atoms with Crippen molar-refractivity contribution >= 4 is 0 Å². The van der Waals surface area contributed by atoms with Crippen molar-refractivity contribution in [1.29, 1.82) is 0 Å². The first kappa shape index (κ1) is 34.0. The van der Waals surface area contributed by atoms with Crippen molar-refractivity contribution in [3.05, 3.63) is 215 Å². The molecular weight excluding hydrogens is 603 g/mol. The monoisotopic (exact) mass is 647 g/mol. The van der Waals surface area contributed by atoms with Crippen LogP contribution in [0.25, 0.3) is 0 Å². The summed E-state index contributed by atoms with van der Waals surface area (Å²) in [5, 5.41) is 4.06. The molecule has 0 bridgehead atoms. The molecule has 0 radical (unpaired) electrons. The lowest BCUT2D eigenvalue weighted by molar-refractivity contribution is -0.166. The van der Waals surface area contributed by atoms with Crippen LogP contribution in [0.5, 0.6) is 0 Å². The van der Waals surface area contributed by atoms with Gasteiger partial charge in [-0.05, 0) is 33.4 Å². The van der Waals surface area contributed by atoms with Crippen molar-refractivity contribution in [1.82, 2.24) is 5.32 Å². The third kappa shape index (κ3) is 5.50. The number of nitrogens with one attached hydrogen (secondary N) is 1. The number of hydrogen-bond donors (Lipinski definition) is 3. The molecule has 0 aliphatic heterocycles. The first-order valence-corrected chi connectivity index (χ1v) is 16.7. The Hall–Kier alpha value is -4.88. The fourth-order valence-corrected chi connectivity index (χ4v) is 8.02. The smallest absolute Gasteiger partial charge is 0.151 e. The SMILES string of the molecule is COC(CN)(NC(CN)(OC)C(c1ccccc1)(c1ccccc1)c1ccccc1)C(c1ccccc1)(c1ccccc1)c1ccccc1. The Kier molecular flexibility index (Phi) is 10.2. The average Bonchev–Trinajstić information content (AvgIpc) is 3.20. The van der Waals surface area contributed by atoms with Crippen LogP contribution in [0.3, 0.4) is 0 Å². The van der Waals surface area contributed by atoms with Crippen LogP contribution in [0, 0.1) is 0 Å². The molecule has 2 atom stereocenters. The second-order valence-corrected chi connectivity index (χ2v) is 12.3. The Morgan fingerprint density at radius 2 is 0.551 bits per heavy atom. The molecule has 0 saturated heterocycles. The lowest BCUT2D eigenvalue weighted by Crippen LogP contribution is -2.78. The molecule has 49 heavy (non-hydrogen) atoms. The minimum atomic E-state index is -1.34.